The maximum absolute atomic E-state index is 12.3. The van der Waals surface area contributed by atoms with Gasteiger partial charge in [-0.15, -0.1) is 11.3 Å². The molecule has 2 aromatic rings. The van der Waals surface area contributed by atoms with Crippen molar-refractivity contribution in [2.45, 2.75) is 25.0 Å². The van der Waals surface area contributed by atoms with E-state index in [9.17, 15) is 9.90 Å². The van der Waals surface area contributed by atoms with E-state index in [0.717, 1.165) is 11.3 Å². The van der Waals surface area contributed by atoms with Crippen LogP contribution in [0.25, 0.3) is 0 Å². The van der Waals surface area contributed by atoms with Crippen molar-refractivity contribution in [2.24, 2.45) is 0 Å². The van der Waals surface area contributed by atoms with Crippen molar-refractivity contribution in [1.29, 1.82) is 0 Å². The molecule has 3 heterocycles. The van der Waals surface area contributed by atoms with Gasteiger partial charge in [-0.1, -0.05) is 6.07 Å². The standard InChI is InChI=1S/C14H17N3O2S/c18-12-4-7-16(14(19)13-2-1-9-20-13)6-3-11(12)17-8-5-15-10-17/h1-2,5,8-12,18H,3-4,6-7H2/t11-,12-/m0/s1. The van der Waals surface area contributed by atoms with E-state index in [2.05, 4.69) is 4.98 Å². The first kappa shape index (κ1) is 13.3. The minimum absolute atomic E-state index is 0.00126. The number of aliphatic hydroxyl groups is 1. The quantitative estimate of drug-likeness (QED) is 0.917. The second-order valence-corrected chi connectivity index (χ2v) is 5.94. The Hall–Kier alpha value is -1.66. The van der Waals surface area contributed by atoms with Crippen LogP contribution in [0.3, 0.4) is 0 Å². The summed E-state index contributed by atoms with van der Waals surface area (Å²) in [4.78, 5) is 19.0. The van der Waals surface area contributed by atoms with Crippen molar-refractivity contribution < 1.29 is 9.90 Å². The number of aromatic nitrogens is 2. The Labute approximate surface area is 121 Å². The molecular formula is C14H17N3O2S. The molecule has 0 spiro atoms. The molecule has 0 aliphatic carbocycles. The molecule has 6 heteroatoms. The lowest BCUT2D eigenvalue weighted by Crippen LogP contribution is -2.31. The molecular weight excluding hydrogens is 274 g/mol. The fraction of sp³-hybridized carbons (Fsp3) is 0.429. The van der Waals surface area contributed by atoms with Gasteiger partial charge in [0.15, 0.2) is 0 Å². The van der Waals surface area contributed by atoms with Gasteiger partial charge < -0.3 is 14.6 Å². The Bertz CT molecular complexity index is 553. The summed E-state index contributed by atoms with van der Waals surface area (Å²) in [6.45, 7) is 1.26. The Balaban J connectivity index is 1.71. The SMILES string of the molecule is O=C(c1cccs1)N1CC[C@H](O)[C@@H](n2ccnc2)CC1. The molecule has 0 saturated carbocycles. The topological polar surface area (TPSA) is 58.4 Å². The molecule has 1 saturated heterocycles. The van der Waals surface area contributed by atoms with Crippen molar-refractivity contribution in [3.05, 3.63) is 41.1 Å². The highest BCUT2D eigenvalue weighted by Gasteiger charge is 2.28. The second-order valence-electron chi connectivity index (χ2n) is 4.99. The molecule has 2 aromatic heterocycles. The molecule has 1 fully saturated rings. The number of imidazole rings is 1. The van der Waals surface area contributed by atoms with Crippen LogP contribution in [0.1, 0.15) is 28.6 Å². The molecule has 0 radical (unpaired) electrons. The molecule has 0 bridgehead atoms. The van der Waals surface area contributed by atoms with E-state index in [0.29, 0.717) is 19.5 Å². The monoisotopic (exact) mass is 291 g/mol. The third-order valence-electron chi connectivity index (χ3n) is 3.76. The first-order valence-corrected chi connectivity index (χ1v) is 7.62. The fourth-order valence-electron chi connectivity index (χ4n) is 2.65. The minimum atomic E-state index is -0.440. The maximum atomic E-state index is 12.3. The average molecular weight is 291 g/mol. The van der Waals surface area contributed by atoms with Crippen LogP contribution in [-0.2, 0) is 0 Å². The number of rotatable bonds is 2. The second kappa shape index (κ2) is 5.76. The lowest BCUT2D eigenvalue weighted by atomic mass is 10.1. The number of carbonyl (C=O) groups excluding carboxylic acids is 1. The number of thiophene rings is 1. The molecule has 2 atom stereocenters. The smallest absolute Gasteiger partial charge is 0.263 e. The van der Waals surface area contributed by atoms with Gasteiger partial charge in [0, 0.05) is 25.5 Å². The molecule has 1 amide bonds. The van der Waals surface area contributed by atoms with E-state index >= 15 is 0 Å². The zero-order chi connectivity index (χ0) is 13.9. The molecule has 0 aromatic carbocycles. The molecule has 1 aliphatic heterocycles. The molecule has 20 heavy (non-hydrogen) atoms. The number of carbonyl (C=O) groups is 1. The van der Waals surface area contributed by atoms with Crippen molar-refractivity contribution in [3.8, 4) is 0 Å². The highest BCUT2D eigenvalue weighted by atomic mass is 32.1. The highest BCUT2D eigenvalue weighted by molar-refractivity contribution is 7.12. The third-order valence-corrected chi connectivity index (χ3v) is 4.62. The highest BCUT2D eigenvalue weighted by Crippen LogP contribution is 2.24. The van der Waals surface area contributed by atoms with E-state index < -0.39 is 6.10 Å². The molecule has 1 N–H and O–H groups in total. The van der Waals surface area contributed by atoms with Crippen molar-refractivity contribution in [2.75, 3.05) is 13.1 Å². The number of nitrogens with zero attached hydrogens (tertiary/aromatic N) is 3. The zero-order valence-electron chi connectivity index (χ0n) is 11.1. The van der Waals surface area contributed by atoms with Crippen molar-refractivity contribution in [1.82, 2.24) is 14.5 Å². The van der Waals surface area contributed by atoms with Crippen LogP contribution in [0.5, 0.6) is 0 Å². The van der Waals surface area contributed by atoms with Gasteiger partial charge in [0.2, 0.25) is 0 Å². The minimum Gasteiger partial charge on any atom is -0.391 e. The summed E-state index contributed by atoms with van der Waals surface area (Å²) in [5.74, 6) is 0.0680. The van der Waals surface area contributed by atoms with Gasteiger partial charge in [0.1, 0.15) is 0 Å². The third kappa shape index (κ3) is 2.62. The predicted octanol–water partition coefficient (Wildman–Crippen LogP) is 1.78. The summed E-state index contributed by atoms with van der Waals surface area (Å²) in [5.41, 5.74) is 0. The van der Waals surface area contributed by atoms with Crippen LogP contribution < -0.4 is 0 Å². The number of likely N-dealkylation sites (tertiary alicyclic amines) is 1. The fourth-order valence-corrected chi connectivity index (χ4v) is 3.34. The summed E-state index contributed by atoms with van der Waals surface area (Å²) < 4.78 is 1.93. The van der Waals surface area contributed by atoms with E-state index in [1.54, 1.807) is 12.5 Å². The first-order valence-electron chi connectivity index (χ1n) is 6.74. The van der Waals surface area contributed by atoms with E-state index in [4.69, 9.17) is 0 Å². The average Bonchev–Trinajstić information content (AvgIpc) is 3.12. The summed E-state index contributed by atoms with van der Waals surface area (Å²) in [7, 11) is 0. The van der Waals surface area contributed by atoms with E-state index in [-0.39, 0.29) is 11.9 Å². The van der Waals surface area contributed by atoms with Gasteiger partial charge in [0.05, 0.1) is 23.4 Å². The molecule has 0 unspecified atom stereocenters. The summed E-state index contributed by atoms with van der Waals surface area (Å²) in [6.07, 6.45) is 6.21. The zero-order valence-corrected chi connectivity index (χ0v) is 11.9. The number of hydrogen-bond acceptors (Lipinski definition) is 4. The maximum Gasteiger partial charge on any atom is 0.263 e. The van der Waals surface area contributed by atoms with Crippen molar-refractivity contribution >= 4 is 17.2 Å². The largest absolute Gasteiger partial charge is 0.391 e. The molecule has 1 aliphatic rings. The predicted molar refractivity (Wildman–Crippen MR) is 76.7 cm³/mol. The lowest BCUT2D eigenvalue weighted by Gasteiger charge is -2.21. The summed E-state index contributed by atoms with van der Waals surface area (Å²) in [5, 5.41) is 12.2. The molecule has 3 rings (SSSR count). The van der Waals surface area contributed by atoms with Crippen LogP contribution in [-0.4, -0.2) is 44.7 Å². The van der Waals surface area contributed by atoms with Crippen LogP contribution in [0.2, 0.25) is 0 Å². The lowest BCUT2D eigenvalue weighted by molar-refractivity contribution is 0.0756. The van der Waals surface area contributed by atoms with Crippen LogP contribution in [0.4, 0.5) is 0 Å². The number of amides is 1. The Kier molecular flexibility index (Phi) is 3.84. The Morgan fingerprint density at radius 2 is 2.25 bits per heavy atom. The molecule has 106 valence electrons. The van der Waals surface area contributed by atoms with Crippen LogP contribution >= 0.6 is 11.3 Å². The summed E-state index contributed by atoms with van der Waals surface area (Å²) in [6, 6.07) is 3.74. The van der Waals surface area contributed by atoms with E-state index in [1.807, 2.05) is 33.2 Å². The van der Waals surface area contributed by atoms with Crippen molar-refractivity contribution in [3.63, 3.8) is 0 Å². The van der Waals surface area contributed by atoms with Crippen LogP contribution in [0, 0.1) is 0 Å². The van der Waals surface area contributed by atoms with Gasteiger partial charge in [-0.3, -0.25) is 4.79 Å². The van der Waals surface area contributed by atoms with Gasteiger partial charge >= 0.3 is 0 Å². The number of aliphatic hydroxyl groups excluding tert-OH is 1. The van der Waals surface area contributed by atoms with Gasteiger partial charge in [0.25, 0.3) is 5.91 Å². The Morgan fingerprint density at radius 3 is 2.95 bits per heavy atom. The normalized spacial score (nSPS) is 23.6. The van der Waals surface area contributed by atoms with E-state index in [1.165, 1.54) is 11.3 Å². The van der Waals surface area contributed by atoms with Crippen LogP contribution in [0.15, 0.2) is 36.2 Å². The van der Waals surface area contributed by atoms with Gasteiger partial charge in [-0.2, -0.15) is 0 Å². The van der Waals surface area contributed by atoms with Gasteiger partial charge in [-0.05, 0) is 24.3 Å². The number of hydrogen-bond donors (Lipinski definition) is 1. The molecule has 5 nitrogen and oxygen atoms in total. The van der Waals surface area contributed by atoms with Gasteiger partial charge in [-0.25, -0.2) is 4.98 Å². The first-order chi connectivity index (χ1) is 9.75. The summed E-state index contributed by atoms with van der Waals surface area (Å²) >= 11 is 1.46. The Morgan fingerprint density at radius 1 is 1.40 bits per heavy atom.